The summed E-state index contributed by atoms with van der Waals surface area (Å²) in [5.41, 5.74) is 0.431. The second-order valence-electron chi connectivity index (χ2n) is 4.27. The van der Waals surface area contributed by atoms with Gasteiger partial charge in [0.25, 0.3) is 0 Å². The van der Waals surface area contributed by atoms with Crippen molar-refractivity contribution in [2.24, 2.45) is 5.41 Å². The molecule has 0 aromatic rings. The first-order chi connectivity index (χ1) is 6.08. The highest BCUT2D eigenvalue weighted by atomic mass is 15.1. The first-order valence-corrected chi connectivity index (χ1v) is 5.47. The Morgan fingerprint density at radius 1 is 1.23 bits per heavy atom. The van der Waals surface area contributed by atoms with Gasteiger partial charge >= 0.3 is 0 Å². The number of hydrogen-bond acceptors (Lipinski definition) is 2. The zero-order valence-electron chi connectivity index (χ0n) is 9.98. The van der Waals surface area contributed by atoms with Gasteiger partial charge < -0.3 is 10.2 Å². The summed E-state index contributed by atoms with van der Waals surface area (Å²) in [6.07, 6.45) is 1.24. The molecule has 0 aliphatic heterocycles. The van der Waals surface area contributed by atoms with Crippen molar-refractivity contribution in [1.29, 1.82) is 0 Å². The number of nitrogens with zero attached hydrogens (tertiary/aromatic N) is 1. The minimum atomic E-state index is 0.431. The quantitative estimate of drug-likeness (QED) is 0.654. The Morgan fingerprint density at radius 2 is 1.85 bits per heavy atom. The second kappa shape index (κ2) is 6.39. The van der Waals surface area contributed by atoms with Gasteiger partial charge in [-0.1, -0.05) is 27.7 Å². The van der Waals surface area contributed by atoms with Crippen LogP contribution in [0, 0.1) is 5.41 Å². The molecule has 2 nitrogen and oxygen atoms in total. The molecule has 2 heteroatoms. The van der Waals surface area contributed by atoms with Crippen molar-refractivity contribution < 1.29 is 0 Å². The van der Waals surface area contributed by atoms with Crippen molar-refractivity contribution in [2.75, 3.05) is 33.2 Å². The van der Waals surface area contributed by atoms with E-state index in [1.165, 1.54) is 13.0 Å². The van der Waals surface area contributed by atoms with Crippen LogP contribution >= 0.6 is 0 Å². The molecule has 0 aliphatic carbocycles. The van der Waals surface area contributed by atoms with Gasteiger partial charge in [-0.15, -0.1) is 0 Å². The zero-order chi connectivity index (χ0) is 10.3. The zero-order valence-corrected chi connectivity index (χ0v) is 9.98. The minimum Gasteiger partial charge on any atom is -0.316 e. The number of hydrogen-bond donors (Lipinski definition) is 1. The molecule has 13 heavy (non-hydrogen) atoms. The van der Waals surface area contributed by atoms with Crippen LogP contribution in [0.5, 0.6) is 0 Å². The lowest BCUT2D eigenvalue weighted by atomic mass is 9.87. The molecule has 0 bridgehead atoms. The average Bonchev–Trinajstić information content (AvgIpc) is 2.14. The molecular formula is C11H26N2. The topological polar surface area (TPSA) is 15.3 Å². The summed E-state index contributed by atoms with van der Waals surface area (Å²) in [4.78, 5) is 2.39. The lowest BCUT2D eigenvalue weighted by molar-refractivity contribution is 0.187. The molecule has 0 amide bonds. The maximum atomic E-state index is 3.44. The Kier molecular flexibility index (Phi) is 6.35. The molecule has 0 saturated heterocycles. The van der Waals surface area contributed by atoms with Crippen LogP contribution in [0.2, 0.25) is 0 Å². The van der Waals surface area contributed by atoms with Crippen LogP contribution in [-0.4, -0.2) is 38.1 Å². The Morgan fingerprint density at radius 3 is 2.23 bits per heavy atom. The van der Waals surface area contributed by atoms with Crippen molar-refractivity contribution in [3.8, 4) is 0 Å². The summed E-state index contributed by atoms with van der Waals surface area (Å²) in [5, 5.41) is 3.44. The van der Waals surface area contributed by atoms with E-state index in [0.717, 1.165) is 19.6 Å². The van der Waals surface area contributed by atoms with Gasteiger partial charge in [0.15, 0.2) is 0 Å². The first-order valence-electron chi connectivity index (χ1n) is 5.47. The van der Waals surface area contributed by atoms with Crippen LogP contribution in [0.15, 0.2) is 0 Å². The van der Waals surface area contributed by atoms with Crippen molar-refractivity contribution in [1.82, 2.24) is 10.2 Å². The molecule has 0 spiro atoms. The lowest BCUT2D eigenvalue weighted by Gasteiger charge is -2.32. The van der Waals surface area contributed by atoms with Gasteiger partial charge in [0, 0.05) is 13.1 Å². The van der Waals surface area contributed by atoms with Gasteiger partial charge in [-0.2, -0.15) is 0 Å². The Balaban J connectivity index is 3.94. The van der Waals surface area contributed by atoms with Gasteiger partial charge in [-0.05, 0) is 32.0 Å². The highest BCUT2D eigenvalue weighted by Gasteiger charge is 2.22. The van der Waals surface area contributed by atoms with Gasteiger partial charge in [0.2, 0.25) is 0 Å². The molecule has 1 unspecified atom stereocenters. The van der Waals surface area contributed by atoms with Crippen LogP contribution in [0.1, 0.15) is 34.1 Å². The molecule has 80 valence electrons. The molecule has 1 N–H and O–H groups in total. The molecule has 0 saturated carbocycles. The van der Waals surface area contributed by atoms with Gasteiger partial charge in [-0.25, -0.2) is 0 Å². The van der Waals surface area contributed by atoms with Crippen LogP contribution in [0.25, 0.3) is 0 Å². The molecule has 0 aromatic carbocycles. The molecule has 0 rings (SSSR count). The predicted octanol–water partition coefficient (Wildman–Crippen LogP) is 1.96. The van der Waals surface area contributed by atoms with Crippen LogP contribution in [-0.2, 0) is 0 Å². The Labute approximate surface area is 83.7 Å². The normalized spacial score (nSPS) is 16.2. The largest absolute Gasteiger partial charge is 0.316 e. The summed E-state index contributed by atoms with van der Waals surface area (Å²) in [6, 6.07) is 0. The molecule has 0 fully saturated rings. The lowest BCUT2D eigenvalue weighted by Crippen LogP contribution is -2.40. The molecule has 0 heterocycles. The molecular weight excluding hydrogens is 160 g/mol. The van der Waals surface area contributed by atoms with Crippen molar-refractivity contribution in [2.45, 2.75) is 34.1 Å². The van der Waals surface area contributed by atoms with Crippen molar-refractivity contribution in [3.05, 3.63) is 0 Å². The monoisotopic (exact) mass is 186 g/mol. The van der Waals surface area contributed by atoms with Crippen molar-refractivity contribution >= 4 is 0 Å². The van der Waals surface area contributed by atoms with Crippen LogP contribution < -0.4 is 5.32 Å². The molecule has 0 aromatic heterocycles. The maximum Gasteiger partial charge on any atom is 0.00442 e. The number of rotatable bonds is 7. The summed E-state index contributed by atoms with van der Waals surface area (Å²) < 4.78 is 0. The van der Waals surface area contributed by atoms with E-state index in [2.05, 4.69) is 45.0 Å². The Hall–Kier alpha value is -0.0800. The Bertz CT molecular complexity index is 125. The van der Waals surface area contributed by atoms with E-state index in [1.54, 1.807) is 0 Å². The van der Waals surface area contributed by atoms with E-state index in [9.17, 15) is 0 Å². The van der Waals surface area contributed by atoms with E-state index >= 15 is 0 Å². The highest BCUT2D eigenvalue weighted by molar-refractivity contribution is 4.78. The SMILES string of the molecule is CCNCC(C)(CC)CN(C)CC. The smallest absolute Gasteiger partial charge is 0.00442 e. The standard InChI is InChI=1S/C11H26N2/c1-6-11(4,9-12-7-2)10-13(5)8-3/h12H,6-10H2,1-5H3. The van der Waals surface area contributed by atoms with E-state index in [4.69, 9.17) is 0 Å². The van der Waals surface area contributed by atoms with E-state index in [1.807, 2.05) is 0 Å². The number of nitrogens with one attached hydrogen (secondary N) is 1. The maximum absolute atomic E-state index is 3.44. The summed E-state index contributed by atoms with van der Waals surface area (Å²) in [7, 11) is 2.19. The summed E-state index contributed by atoms with van der Waals surface area (Å²) >= 11 is 0. The minimum absolute atomic E-state index is 0.431. The third kappa shape index (κ3) is 5.27. The van der Waals surface area contributed by atoms with Crippen LogP contribution in [0.3, 0.4) is 0 Å². The average molecular weight is 186 g/mol. The second-order valence-corrected chi connectivity index (χ2v) is 4.27. The molecule has 0 aliphatic rings. The fourth-order valence-electron chi connectivity index (χ4n) is 1.48. The first kappa shape index (κ1) is 12.9. The van der Waals surface area contributed by atoms with E-state index in [0.29, 0.717) is 5.41 Å². The van der Waals surface area contributed by atoms with E-state index < -0.39 is 0 Å². The highest BCUT2D eigenvalue weighted by Crippen LogP contribution is 2.20. The fourth-order valence-corrected chi connectivity index (χ4v) is 1.48. The van der Waals surface area contributed by atoms with Gasteiger partial charge in [-0.3, -0.25) is 0 Å². The summed E-state index contributed by atoms with van der Waals surface area (Å²) in [6.45, 7) is 13.6. The molecule has 0 radical (unpaired) electrons. The van der Waals surface area contributed by atoms with Gasteiger partial charge in [0.05, 0.1) is 0 Å². The third-order valence-corrected chi connectivity index (χ3v) is 2.85. The molecule has 1 atom stereocenters. The summed E-state index contributed by atoms with van der Waals surface area (Å²) in [5.74, 6) is 0. The third-order valence-electron chi connectivity index (χ3n) is 2.85. The van der Waals surface area contributed by atoms with Gasteiger partial charge in [0.1, 0.15) is 0 Å². The van der Waals surface area contributed by atoms with Crippen LogP contribution in [0.4, 0.5) is 0 Å². The van der Waals surface area contributed by atoms with E-state index in [-0.39, 0.29) is 0 Å². The predicted molar refractivity (Wildman–Crippen MR) is 60.1 cm³/mol. The van der Waals surface area contributed by atoms with Crippen molar-refractivity contribution in [3.63, 3.8) is 0 Å². The fraction of sp³-hybridized carbons (Fsp3) is 1.00.